The van der Waals surface area contributed by atoms with E-state index in [0.29, 0.717) is 0 Å². The number of nitrogens with two attached hydrogens (primary N) is 1. The maximum Gasteiger partial charge on any atom is 0.277 e. The van der Waals surface area contributed by atoms with Crippen LogP contribution in [0.3, 0.4) is 0 Å². The van der Waals surface area contributed by atoms with Gasteiger partial charge in [0.15, 0.2) is 0 Å². The quantitative estimate of drug-likeness (QED) is 0.843. The number of benzene rings is 1. The van der Waals surface area contributed by atoms with Crippen molar-refractivity contribution < 1.29 is 17.9 Å². The molecule has 0 heterocycles. The van der Waals surface area contributed by atoms with Crippen LogP contribution < -0.4 is 10.5 Å². The zero-order valence-electron chi connectivity index (χ0n) is 8.27. The van der Waals surface area contributed by atoms with Gasteiger partial charge in [-0.15, -0.1) is 0 Å². The number of hydrogen-bond acceptors (Lipinski definition) is 2. The van der Waals surface area contributed by atoms with Crippen molar-refractivity contribution in [3.05, 3.63) is 29.6 Å². The van der Waals surface area contributed by atoms with E-state index >= 15 is 0 Å². The van der Waals surface area contributed by atoms with Crippen molar-refractivity contribution in [3.8, 4) is 5.75 Å². The highest BCUT2D eigenvalue weighted by Gasteiger charge is 2.33. The molecule has 0 amide bonds. The van der Waals surface area contributed by atoms with Gasteiger partial charge in [0.05, 0.1) is 12.7 Å². The van der Waals surface area contributed by atoms with E-state index in [0.717, 1.165) is 12.1 Å². The first-order valence-corrected chi connectivity index (χ1v) is 4.43. The van der Waals surface area contributed by atoms with Gasteiger partial charge in [-0.1, -0.05) is 0 Å². The zero-order valence-corrected chi connectivity index (χ0v) is 8.27. The van der Waals surface area contributed by atoms with Gasteiger partial charge < -0.3 is 10.5 Å². The van der Waals surface area contributed by atoms with Crippen molar-refractivity contribution in [2.75, 3.05) is 13.7 Å². The number of halogens is 3. The van der Waals surface area contributed by atoms with Crippen LogP contribution in [-0.4, -0.2) is 13.7 Å². The van der Waals surface area contributed by atoms with Gasteiger partial charge in [0.25, 0.3) is 5.92 Å². The second kappa shape index (κ2) is 4.53. The first-order chi connectivity index (χ1) is 7.01. The highest BCUT2D eigenvalue weighted by molar-refractivity contribution is 5.31. The molecule has 1 aromatic rings. The van der Waals surface area contributed by atoms with Crippen LogP contribution in [-0.2, 0) is 5.92 Å². The highest BCUT2D eigenvalue weighted by atomic mass is 19.3. The van der Waals surface area contributed by atoms with Gasteiger partial charge in [-0.3, -0.25) is 0 Å². The van der Waals surface area contributed by atoms with E-state index in [4.69, 9.17) is 10.5 Å². The van der Waals surface area contributed by atoms with E-state index in [1.807, 2.05) is 0 Å². The second-order valence-electron chi connectivity index (χ2n) is 3.09. The summed E-state index contributed by atoms with van der Waals surface area (Å²) in [6, 6.07) is 3.24. The Balaban J connectivity index is 3.04. The molecule has 1 rings (SSSR count). The van der Waals surface area contributed by atoms with Crippen LogP contribution in [0.2, 0.25) is 0 Å². The molecule has 0 aliphatic carbocycles. The molecular formula is C10H12F3NO. The Kier molecular flexibility index (Phi) is 3.57. The Labute approximate surface area is 85.8 Å². The van der Waals surface area contributed by atoms with Gasteiger partial charge in [-0.05, 0) is 18.7 Å². The molecule has 0 saturated heterocycles. The molecule has 0 fully saturated rings. The molecule has 0 bridgehead atoms. The lowest BCUT2D eigenvalue weighted by Crippen LogP contribution is -2.20. The Morgan fingerprint density at radius 3 is 2.53 bits per heavy atom. The minimum atomic E-state index is -3.23. The van der Waals surface area contributed by atoms with E-state index in [9.17, 15) is 13.2 Å². The predicted octanol–water partition coefficient (Wildman–Crippen LogP) is 2.27. The van der Waals surface area contributed by atoms with Gasteiger partial charge in [0.1, 0.15) is 11.6 Å². The van der Waals surface area contributed by atoms with E-state index in [1.54, 1.807) is 0 Å². The van der Waals surface area contributed by atoms with Crippen LogP contribution >= 0.6 is 0 Å². The van der Waals surface area contributed by atoms with Crippen molar-refractivity contribution >= 4 is 0 Å². The van der Waals surface area contributed by atoms with E-state index in [-0.39, 0.29) is 12.3 Å². The van der Waals surface area contributed by atoms with Crippen LogP contribution in [0.25, 0.3) is 0 Å². The summed E-state index contributed by atoms with van der Waals surface area (Å²) < 4.78 is 44.6. The van der Waals surface area contributed by atoms with E-state index in [2.05, 4.69) is 0 Å². The summed E-state index contributed by atoms with van der Waals surface area (Å²) in [4.78, 5) is 0. The molecule has 0 aliphatic heterocycles. The van der Waals surface area contributed by atoms with Crippen LogP contribution in [0.4, 0.5) is 13.2 Å². The maximum atomic E-state index is 13.3. The Bertz CT molecular complexity index is 341. The Morgan fingerprint density at radius 1 is 1.40 bits per heavy atom. The molecule has 2 nitrogen and oxygen atoms in total. The van der Waals surface area contributed by atoms with Gasteiger partial charge in [-0.2, -0.15) is 0 Å². The Morgan fingerprint density at radius 2 is 2.07 bits per heavy atom. The summed E-state index contributed by atoms with van der Waals surface area (Å²) >= 11 is 0. The number of hydrogen-bond donors (Lipinski definition) is 1. The highest BCUT2D eigenvalue weighted by Crippen LogP contribution is 2.34. The van der Waals surface area contributed by atoms with Crippen molar-refractivity contribution in [2.24, 2.45) is 5.73 Å². The van der Waals surface area contributed by atoms with E-state index in [1.165, 1.54) is 13.2 Å². The molecule has 0 unspecified atom stereocenters. The van der Waals surface area contributed by atoms with Crippen molar-refractivity contribution in [2.45, 2.75) is 12.3 Å². The van der Waals surface area contributed by atoms with Gasteiger partial charge in [0.2, 0.25) is 0 Å². The monoisotopic (exact) mass is 219 g/mol. The average molecular weight is 219 g/mol. The van der Waals surface area contributed by atoms with Crippen LogP contribution in [0.1, 0.15) is 12.0 Å². The molecule has 15 heavy (non-hydrogen) atoms. The first kappa shape index (κ1) is 11.8. The maximum absolute atomic E-state index is 13.3. The molecule has 2 N–H and O–H groups in total. The predicted molar refractivity (Wildman–Crippen MR) is 50.5 cm³/mol. The van der Waals surface area contributed by atoms with E-state index < -0.39 is 23.7 Å². The second-order valence-corrected chi connectivity index (χ2v) is 3.09. The number of rotatable bonds is 4. The molecule has 0 aliphatic rings. The third-order valence-electron chi connectivity index (χ3n) is 2.03. The molecule has 0 atom stereocenters. The summed E-state index contributed by atoms with van der Waals surface area (Å²) in [5, 5.41) is 0. The molecule has 5 heteroatoms. The first-order valence-electron chi connectivity index (χ1n) is 4.43. The fourth-order valence-corrected chi connectivity index (χ4v) is 1.24. The van der Waals surface area contributed by atoms with Crippen LogP contribution in [0.5, 0.6) is 5.75 Å². The normalized spacial score (nSPS) is 11.5. The minimum absolute atomic E-state index is 0.196. The third-order valence-corrected chi connectivity index (χ3v) is 2.03. The van der Waals surface area contributed by atoms with Crippen LogP contribution in [0.15, 0.2) is 18.2 Å². The SMILES string of the molecule is COc1ccc(C(F)(F)CCN)c(F)c1. The molecule has 0 spiro atoms. The summed E-state index contributed by atoms with van der Waals surface area (Å²) in [6.07, 6.45) is -0.573. The van der Waals surface area contributed by atoms with Crippen molar-refractivity contribution in [1.82, 2.24) is 0 Å². The molecule has 0 aromatic heterocycles. The van der Waals surface area contributed by atoms with Crippen molar-refractivity contribution in [1.29, 1.82) is 0 Å². The lowest BCUT2D eigenvalue weighted by atomic mass is 10.0. The largest absolute Gasteiger partial charge is 0.497 e. The minimum Gasteiger partial charge on any atom is -0.497 e. The van der Waals surface area contributed by atoms with Gasteiger partial charge in [0, 0.05) is 12.5 Å². The molecule has 84 valence electrons. The fraction of sp³-hybridized carbons (Fsp3) is 0.400. The van der Waals surface area contributed by atoms with Crippen LogP contribution in [0, 0.1) is 5.82 Å². The van der Waals surface area contributed by atoms with Gasteiger partial charge >= 0.3 is 0 Å². The van der Waals surface area contributed by atoms with Crippen molar-refractivity contribution in [3.63, 3.8) is 0 Å². The third kappa shape index (κ3) is 2.62. The molecule has 0 saturated carbocycles. The molecular weight excluding hydrogens is 207 g/mol. The fourth-order valence-electron chi connectivity index (χ4n) is 1.24. The lowest BCUT2D eigenvalue weighted by molar-refractivity contribution is -0.0141. The lowest BCUT2D eigenvalue weighted by Gasteiger charge is -2.16. The number of methoxy groups -OCH3 is 1. The average Bonchev–Trinajstić information content (AvgIpc) is 2.17. The summed E-state index contributed by atoms with van der Waals surface area (Å²) in [5.74, 6) is -4.00. The Hall–Kier alpha value is -1.23. The smallest absolute Gasteiger partial charge is 0.277 e. The molecule has 1 aromatic carbocycles. The summed E-state index contributed by atoms with van der Waals surface area (Å²) in [7, 11) is 1.34. The number of alkyl halides is 2. The topological polar surface area (TPSA) is 35.2 Å². The summed E-state index contributed by atoms with van der Waals surface area (Å²) in [5.41, 5.74) is 4.39. The molecule has 0 radical (unpaired) electrons. The number of ether oxygens (including phenoxy) is 1. The zero-order chi connectivity index (χ0) is 11.5. The standard InChI is InChI=1S/C10H12F3NO/c1-15-7-2-3-8(9(11)6-7)10(12,13)4-5-14/h2-3,6H,4-5,14H2,1H3. The summed E-state index contributed by atoms with van der Waals surface area (Å²) in [6.45, 7) is -0.196. The van der Waals surface area contributed by atoms with Gasteiger partial charge in [-0.25, -0.2) is 13.2 Å².